The van der Waals surface area contributed by atoms with E-state index in [0.29, 0.717) is 12.0 Å². The molecule has 1 aromatic carbocycles. The normalized spacial score (nSPS) is 21.4. The Morgan fingerprint density at radius 2 is 2.24 bits per heavy atom. The molecule has 0 saturated heterocycles. The fraction of sp³-hybridized carbons (Fsp3) is 0.625. The molecular formula is C16H24N2O3. The quantitative estimate of drug-likeness (QED) is 0.618. The van der Waals surface area contributed by atoms with Crippen LogP contribution in [0.25, 0.3) is 0 Å². The highest BCUT2D eigenvalue weighted by Crippen LogP contribution is 2.33. The highest BCUT2D eigenvalue weighted by atomic mass is 16.6. The van der Waals surface area contributed by atoms with Gasteiger partial charge in [0, 0.05) is 23.7 Å². The molecule has 1 aliphatic rings. The van der Waals surface area contributed by atoms with Gasteiger partial charge in [-0.25, -0.2) is 0 Å². The summed E-state index contributed by atoms with van der Waals surface area (Å²) in [6.45, 7) is 3.20. The van der Waals surface area contributed by atoms with Gasteiger partial charge in [0.25, 0.3) is 5.69 Å². The number of rotatable bonds is 7. The van der Waals surface area contributed by atoms with Crippen molar-refractivity contribution in [1.29, 1.82) is 0 Å². The minimum absolute atomic E-state index is 0.141. The zero-order valence-electron chi connectivity index (χ0n) is 12.8. The summed E-state index contributed by atoms with van der Waals surface area (Å²) in [4.78, 5) is 10.6. The number of hydrogen-bond acceptors (Lipinski definition) is 4. The summed E-state index contributed by atoms with van der Waals surface area (Å²) >= 11 is 0. The number of benzene rings is 1. The van der Waals surface area contributed by atoms with Crippen LogP contribution in [0.5, 0.6) is 5.75 Å². The molecule has 0 heterocycles. The van der Waals surface area contributed by atoms with E-state index in [-0.39, 0.29) is 10.6 Å². The van der Waals surface area contributed by atoms with Crippen molar-refractivity contribution in [3.8, 4) is 5.75 Å². The molecule has 1 saturated carbocycles. The molecular weight excluding hydrogens is 268 g/mol. The molecule has 2 atom stereocenters. The monoisotopic (exact) mass is 292 g/mol. The Morgan fingerprint density at radius 1 is 1.43 bits per heavy atom. The van der Waals surface area contributed by atoms with Crippen LogP contribution in [-0.4, -0.2) is 24.6 Å². The van der Waals surface area contributed by atoms with Crippen LogP contribution in [0.2, 0.25) is 0 Å². The van der Waals surface area contributed by atoms with E-state index in [1.165, 1.54) is 25.3 Å². The van der Waals surface area contributed by atoms with Crippen molar-refractivity contribution in [3.05, 3.63) is 33.9 Å². The van der Waals surface area contributed by atoms with E-state index in [9.17, 15) is 10.1 Å². The smallest absolute Gasteiger partial charge is 0.269 e. The molecule has 1 fully saturated rings. The van der Waals surface area contributed by atoms with E-state index in [4.69, 9.17) is 4.74 Å². The number of non-ortho nitro benzene ring substituents is 1. The predicted octanol–water partition coefficient (Wildman–Crippen LogP) is 3.31. The van der Waals surface area contributed by atoms with Crippen molar-refractivity contribution in [3.63, 3.8) is 0 Å². The molecule has 0 spiro atoms. The zero-order chi connectivity index (χ0) is 15.2. The fourth-order valence-corrected chi connectivity index (χ4v) is 3.20. The maximum absolute atomic E-state index is 10.9. The first-order valence-electron chi connectivity index (χ1n) is 7.70. The minimum atomic E-state index is -0.343. The molecule has 0 amide bonds. The third kappa shape index (κ3) is 3.94. The Bertz CT molecular complexity index is 490. The maximum Gasteiger partial charge on any atom is 0.269 e. The molecule has 21 heavy (non-hydrogen) atoms. The summed E-state index contributed by atoms with van der Waals surface area (Å²) in [7, 11) is 1.62. The van der Waals surface area contributed by atoms with Gasteiger partial charge in [0.2, 0.25) is 0 Å². The third-order valence-electron chi connectivity index (χ3n) is 4.27. The molecule has 1 N–H and O–H groups in total. The van der Waals surface area contributed by atoms with E-state index in [2.05, 4.69) is 12.2 Å². The van der Waals surface area contributed by atoms with Crippen LogP contribution in [0.15, 0.2) is 18.2 Å². The zero-order valence-corrected chi connectivity index (χ0v) is 12.8. The van der Waals surface area contributed by atoms with Crippen LogP contribution in [0.3, 0.4) is 0 Å². The third-order valence-corrected chi connectivity index (χ3v) is 4.27. The number of hydrogen-bond donors (Lipinski definition) is 1. The highest BCUT2D eigenvalue weighted by Gasteiger charge is 2.28. The Kier molecular flexibility index (Phi) is 5.56. The van der Waals surface area contributed by atoms with E-state index in [1.54, 1.807) is 19.2 Å². The molecule has 2 unspecified atom stereocenters. The lowest BCUT2D eigenvalue weighted by atomic mass is 9.93. The number of nitro benzene ring substituents is 1. The lowest BCUT2D eigenvalue weighted by Gasteiger charge is -2.21. The van der Waals surface area contributed by atoms with Crippen molar-refractivity contribution in [1.82, 2.24) is 5.32 Å². The molecule has 1 aromatic rings. The number of nitrogens with zero attached hydrogens (tertiary/aromatic N) is 1. The molecule has 5 nitrogen and oxygen atoms in total. The predicted molar refractivity (Wildman–Crippen MR) is 82.8 cm³/mol. The Balaban J connectivity index is 2.13. The number of nitro groups is 1. The first-order chi connectivity index (χ1) is 10.2. The van der Waals surface area contributed by atoms with Gasteiger partial charge in [-0.1, -0.05) is 13.3 Å². The van der Waals surface area contributed by atoms with E-state index < -0.39 is 0 Å². The number of nitrogens with one attached hydrogen (secondary N) is 1. The molecule has 5 heteroatoms. The van der Waals surface area contributed by atoms with Crippen LogP contribution in [-0.2, 0) is 6.42 Å². The number of methoxy groups -OCH3 is 1. The number of ether oxygens (including phenoxy) is 1. The minimum Gasteiger partial charge on any atom is -0.496 e. The average Bonchev–Trinajstić information content (AvgIpc) is 2.92. The van der Waals surface area contributed by atoms with Gasteiger partial charge in [-0.3, -0.25) is 10.1 Å². The van der Waals surface area contributed by atoms with Gasteiger partial charge < -0.3 is 10.1 Å². The van der Waals surface area contributed by atoms with Gasteiger partial charge in [-0.2, -0.15) is 0 Å². The van der Waals surface area contributed by atoms with E-state index >= 15 is 0 Å². The fourth-order valence-electron chi connectivity index (χ4n) is 3.20. The van der Waals surface area contributed by atoms with Crippen molar-refractivity contribution >= 4 is 5.69 Å². The Hall–Kier alpha value is -1.62. The van der Waals surface area contributed by atoms with Gasteiger partial charge in [-0.15, -0.1) is 0 Å². The molecule has 0 bridgehead atoms. The molecule has 1 aliphatic carbocycles. The van der Waals surface area contributed by atoms with Gasteiger partial charge in [0.15, 0.2) is 0 Å². The van der Waals surface area contributed by atoms with Crippen LogP contribution in [0.1, 0.15) is 38.2 Å². The summed E-state index contributed by atoms with van der Waals surface area (Å²) < 4.78 is 5.36. The van der Waals surface area contributed by atoms with Crippen LogP contribution < -0.4 is 10.1 Å². The van der Waals surface area contributed by atoms with Crippen molar-refractivity contribution in [2.75, 3.05) is 13.7 Å². The van der Waals surface area contributed by atoms with Crippen LogP contribution in [0, 0.1) is 16.0 Å². The summed E-state index contributed by atoms with van der Waals surface area (Å²) in [6.07, 6.45) is 5.56. The van der Waals surface area contributed by atoms with Crippen molar-refractivity contribution < 1.29 is 9.66 Å². The second-order valence-electron chi connectivity index (χ2n) is 5.71. The Morgan fingerprint density at radius 3 is 2.90 bits per heavy atom. The Labute approximate surface area is 125 Å². The SMILES string of the molecule is CCCNC1CCCC1Cc1cc([N+](=O)[O-])ccc1OC. The van der Waals surface area contributed by atoms with Gasteiger partial charge in [-0.05, 0) is 44.2 Å². The average molecular weight is 292 g/mol. The van der Waals surface area contributed by atoms with Crippen LogP contribution in [0.4, 0.5) is 5.69 Å². The lowest BCUT2D eigenvalue weighted by Crippen LogP contribution is -2.33. The second kappa shape index (κ2) is 7.41. The van der Waals surface area contributed by atoms with Gasteiger partial charge in [0.05, 0.1) is 12.0 Å². The summed E-state index contributed by atoms with van der Waals surface area (Å²) in [5.74, 6) is 1.29. The lowest BCUT2D eigenvalue weighted by molar-refractivity contribution is -0.384. The van der Waals surface area contributed by atoms with Crippen molar-refractivity contribution in [2.24, 2.45) is 5.92 Å². The van der Waals surface area contributed by atoms with Gasteiger partial charge >= 0.3 is 0 Å². The van der Waals surface area contributed by atoms with E-state index in [0.717, 1.165) is 30.7 Å². The van der Waals surface area contributed by atoms with Crippen LogP contribution >= 0.6 is 0 Å². The standard InChI is InChI=1S/C16H24N2O3/c1-3-9-17-15-6-4-5-12(15)10-13-11-14(18(19)20)7-8-16(13)21-2/h7-8,11-12,15,17H,3-6,9-10H2,1-2H3. The highest BCUT2D eigenvalue weighted by molar-refractivity contribution is 5.44. The summed E-state index contributed by atoms with van der Waals surface area (Å²) in [5.41, 5.74) is 1.09. The summed E-state index contributed by atoms with van der Waals surface area (Å²) in [6, 6.07) is 5.39. The first kappa shape index (κ1) is 15.8. The first-order valence-corrected chi connectivity index (χ1v) is 7.70. The topological polar surface area (TPSA) is 64.4 Å². The molecule has 0 radical (unpaired) electrons. The molecule has 0 aromatic heterocycles. The molecule has 116 valence electrons. The van der Waals surface area contributed by atoms with Gasteiger partial charge in [0.1, 0.15) is 5.75 Å². The van der Waals surface area contributed by atoms with Crippen molar-refractivity contribution in [2.45, 2.75) is 45.1 Å². The molecule has 2 rings (SSSR count). The second-order valence-corrected chi connectivity index (χ2v) is 5.71. The summed E-state index contributed by atoms with van der Waals surface area (Å²) in [5, 5.41) is 14.5. The largest absolute Gasteiger partial charge is 0.496 e. The maximum atomic E-state index is 10.9. The van der Waals surface area contributed by atoms with E-state index in [1.807, 2.05) is 0 Å². The molecule has 0 aliphatic heterocycles.